The fourth-order valence-electron chi connectivity index (χ4n) is 9.02. The van der Waals surface area contributed by atoms with E-state index in [1.54, 1.807) is 0 Å². The van der Waals surface area contributed by atoms with E-state index in [0.717, 1.165) is 38.0 Å². The Morgan fingerprint density at radius 3 is 2.53 bits per heavy atom. The molecule has 0 aliphatic heterocycles. The van der Waals surface area contributed by atoms with Gasteiger partial charge in [-0.1, -0.05) is 34.1 Å². The van der Waals surface area contributed by atoms with E-state index in [9.17, 15) is 15.0 Å². The van der Waals surface area contributed by atoms with E-state index < -0.39 is 0 Å². The van der Waals surface area contributed by atoms with Gasteiger partial charge in [0.1, 0.15) is 0 Å². The molecule has 0 spiro atoms. The summed E-state index contributed by atoms with van der Waals surface area (Å²) in [5.41, 5.74) is 0.121. The van der Waals surface area contributed by atoms with E-state index in [1.807, 2.05) is 0 Å². The first-order valence-corrected chi connectivity index (χ1v) is 12.6. The highest BCUT2D eigenvalue weighted by Crippen LogP contribution is 2.68. The maximum absolute atomic E-state index is 11.7. The van der Waals surface area contributed by atoms with Gasteiger partial charge in [0.2, 0.25) is 0 Å². The Morgan fingerprint density at radius 2 is 1.83 bits per heavy atom. The van der Waals surface area contributed by atoms with Crippen molar-refractivity contribution in [3.8, 4) is 0 Å². The van der Waals surface area contributed by atoms with Crippen molar-refractivity contribution in [1.29, 1.82) is 0 Å². The number of rotatable bonds is 4. The number of ether oxygens (including phenoxy) is 1. The van der Waals surface area contributed by atoms with Crippen LogP contribution in [0.5, 0.6) is 0 Å². The topological polar surface area (TPSA) is 66.8 Å². The van der Waals surface area contributed by atoms with Crippen molar-refractivity contribution in [1.82, 2.24) is 0 Å². The minimum absolute atomic E-state index is 0.140. The molecule has 0 radical (unpaired) electrons. The van der Waals surface area contributed by atoms with Gasteiger partial charge in [0.15, 0.2) is 0 Å². The van der Waals surface area contributed by atoms with Gasteiger partial charge in [0, 0.05) is 6.42 Å². The van der Waals surface area contributed by atoms with Crippen LogP contribution in [0.1, 0.15) is 85.5 Å². The minimum Gasteiger partial charge on any atom is -0.469 e. The van der Waals surface area contributed by atoms with Crippen LogP contribution >= 0.6 is 0 Å². The van der Waals surface area contributed by atoms with Gasteiger partial charge < -0.3 is 14.9 Å². The van der Waals surface area contributed by atoms with Crippen molar-refractivity contribution < 1.29 is 19.7 Å². The average Bonchev–Trinajstić information content (AvgIpc) is 3.06. The van der Waals surface area contributed by atoms with E-state index in [1.165, 1.54) is 26.4 Å². The fraction of sp³-hybridized carbons (Fsp3) is 0.962. The summed E-state index contributed by atoms with van der Waals surface area (Å²) in [6.07, 6.45) is 8.53. The molecule has 0 bridgehead atoms. The first kappa shape index (κ1) is 22.6. The van der Waals surface area contributed by atoms with Crippen LogP contribution in [0.2, 0.25) is 0 Å². The number of fused-ring (bicyclic) bond motifs is 5. The van der Waals surface area contributed by atoms with Gasteiger partial charge in [0.05, 0.1) is 19.3 Å². The van der Waals surface area contributed by atoms with Crippen molar-refractivity contribution in [3.63, 3.8) is 0 Å². The predicted octanol–water partition coefficient (Wildman–Crippen LogP) is 4.81. The third-order valence-electron chi connectivity index (χ3n) is 10.8. The molecule has 0 heterocycles. The van der Waals surface area contributed by atoms with E-state index in [0.29, 0.717) is 41.9 Å². The van der Waals surface area contributed by atoms with Gasteiger partial charge in [-0.05, 0) is 97.2 Å². The quantitative estimate of drug-likeness (QED) is 0.640. The second kappa shape index (κ2) is 8.06. The molecule has 11 atom stereocenters. The molecule has 0 aromatic carbocycles. The highest BCUT2D eigenvalue weighted by Gasteiger charge is 2.65. The molecule has 0 saturated heterocycles. The molecule has 4 fully saturated rings. The second-order valence-corrected chi connectivity index (χ2v) is 12.1. The van der Waals surface area contributed by atoms with Gasteiger partial charge in [-0.25, -0.2) is 0 Å². The van der Waals surface area contributed by atoms with Crippen LogP contribution in [0.25, 0.3) is 0 Å². The van der Waals surface area contributed by atoms with Crippen molar-refractivity contribution >= 4 is 5.97 Å². The predicted molar refractivity (Wildman–Crippen MR) is 118 cm³/mol. The van der Waals surface area contributed by atoms with Crippen LogP contribution in [-0.2, 0) is 9.53 Å². The molecule has 4 rings (SSSR count). The lowest BCUT2D eigenvalue weighted by Crippen LogP contribution is -2.62. The van der Waals surface area contributed by atoms with Crippen LogP contribution in [0.3, 0.4) is 0 Å². The second-order valence-electron chi connectivity index (χ2n) is 12.1. The Bertz CT molecular complexity index is 649. The van der Waals surface area contributed by atoms with Gasteiger partial charge in [-0.15, -0.1) is 0 Å². The summed E-state index contributed by atoms with van der Waals surface area (Å²) in [6.45, 7) is 9.39. The number of carbonyl (C=O) groups is 1. The molecule has 2 N–H and O–H groups in total. The Kier molecular flexibility index (Phi) is 6.07. The Labute approximate surface area is 183 Å². The van der Waals surface area contributed by atoms with Crippen LogP contribution in [0.4, 0.5) is 0 Å². The molecular weight excluding hydrogens is 376 g/mol. The lowest BCUT2D eigenvalue weighted by molar-refractivity contribution is -0.203. The lowest BCUT2D eigenvalue weighted by atomic mass is 9.42. The largest absolute Gasteiger partial charge is 0.469 e. The summed E-state index contributed by atoms with van der Waals surface area (Å²) in [5, 5.41) is 23.0. The lowest BCUT2D eigenvalue weighted by Gasteiger charge is -2.63. The van der Waals surface area contributed by atoms with Gasteiger partial charge >= 0.3 is 5.97 Å². The van der Waals surface area contributed by atoms with Crippen molar-refractivity contribution in [2.45, 2.75) is 97.7 Å². The van der Waals surface area contributed by atoms with Gasteiger partial charge in [0.25, 0.3) is 0 Å². The van der Waals surface area contributed by atoms with Gasteiger partial charge in [-0.2, -0.15) is 0 Å². The third-order valence-corrected chi connectivity index (χ3v) is 10.8. The number of esters is 1. The summed E-state index contributed by atoms with van der Waals surface area (Å²) >= 11 is 0. The summed E-state index contributed by atoms with van der Waals surface area (Å²) in [6, 6.07) is 0. The number of aliphatic hydroxyl groups is 2. The molecule has 4 saturated carbocycles. The Morgan fingerprint density at radius 1 is 1.10 bits per heavy atom. The van der Waals surface area contributed by atoms with Crippen molar-refractivity contribution in [3.05, 3.63) is 0 Å². The van der Waals surface area contributed by atoms with Crippen LogP contribution < -0.4 is 0 Å². The summed E-state index contributed by atoms with van der Waals surface area (Å²) in [4.78, 5) is 11.7. The summed E-state index contributed by atoms with van der Waals surface area (Å²) in [7, 11) is 1.45. The highest BCUT2D eigenvalue weighted by molar-refractivity contribution is 5.69. The highest BCUT2D eigenvalue weighted by atomic mass is 16.5. The standard InChI is InChI=1S/C26H44O4/c1-15-10-11-25(3)17(12-15)13-21(27)24-19-8-7-18(16(2)6-9-23(29)30-5)26(19,4)22(28)14-20(24)25/h15-22,24,27-28H,6-14H2,1-5H3/t15-,16?,17?,18?,19?,20?,21?,22+,24?,25+,26-/m1/s1. The van der Waals surface area contributed by atoms with Crippen LogP contribution in [0.15, 0.2) is 0 Å². The Balaban J connectivity index is 1.58. The van der Waals surface area contributed by atoms with E-state index in [4.69, 9.17) is 4.74 Å². The van der Waals surface area contributed by atoms with E-state index in [2.05, 4.69) is 27.7 Å². The number of carbonyl (C=O) groups excluding carboxylic acids is 1. The van der Waals surface area contributed by atoms with Crippen molar-refractivity contribution in [2.75, 3.05) is 7.11 Å². The molecule has 0 aromatic heterocycles. The number of methoxy groups -OCH3 is 1. The first-order valence-electron chi connectivity index (χ1n) is 12.6. The van der Waals surface area contributed by atoms with E-state index >= 15 is 0 Å². The first-order chi connectivity index (χ1) is 14.1. The molecule has 0 amide bonds. The zero-order valence-corrected chi connectivity index (χ0v) is 19.8. The molecular formula is C26H44O4. The maximum Gasteiger partial charge on any atom is 0.305 e. The molecule has 4 heteroatoms. The minimum atomic E-state index is -0.307. The maximum atomic E-state index is 11.7. The van der Waals surface area contributed by atoms with Crippen molar-refractivity contribution in [2.24, 2.45) is 52.3 Å². The summed E-state index contributed by atoms with van der Waals surface area (Å²) < 4.78 is 4.85. The normalized spacial score (nSPS) is 51.4. The molecule has 4 aliphatic rings. The number of hydrogen-bond acceptors (Lipinski definition) is 4. The Hall–Kier alpha value is -0.610. The third kappa shape index (κ3) is 3.36. The molecule has 172 valence electrons. The SMILES string of the molecule is COC(=O)CCC(C)C1CCC2C3C(O)CC4C[C@H](C)CC[C@]4(C)C3C[C@H](O)[C@]12C. The zero-order chi connectivity index (χ0) is 21.8. The molecule has 4 aliphatic carbocycles. The average molecular weight is 421 g/mol. The molecule has 0 aromatic rings. The van der Waals surface area contributed by atoms with E-state index in [-0.39, 0.29) is 29.0 Å². The molecule has 4 nitrogen and oxygen atoms in total. The smallest absolute Gasteiger partial charge is 0.305 e. The monoisotopic (exact) mass is 420 g/mol. The van der Waals surface area contributed by atoms with Gasteiger partial charge in [-0.3, -0.25) is 4.79 Å². The number of hydrogen-bond donors (Lipinski definition) is 2. The number of aliphatic hydroxyl groups excluding tert-OH is 2. The molecule has 30 heavy (non-hydrogen) atoms. The fourth-order valence-corrected chi connectivity index (χ4v) is 9.02. The molecule has 7 unspecified atom stereocenters. The zero-order valence-electron chi connectivity index (χ0n) is 19.8. The van der Waals surface area contributed by atoms with Crippen LogP contribution in [0, 0.1) is 52.3 Å². The summed E-state index contributed by atoms with van der Waals surface area (Å²) in [5.74, 6) is 3.17. The van der Waals surface area contributed by atoms with Crippen LogP contribution in [-0.4, -0.2) is 35.5 Å².